The Balaban J connectivity index is 1.87. The van der Waals surface area contributed by atoms with Crippen LogP contribution in [0, 0.1) is 5.82 Å². The van der Waals surface area contributed by atoms with Gasteiger partial charge in [-0.2, -0.15) is 11.8 Å². The molecule has 1 aromatic heterocycles. The summed E-state index contributed by atoms with van der Waals surface area (Å²) in [6.45, 7) is 4.42. The van der Waals surface area contributed by atoms with Crippen LogP contribution in [0.15, 0.2) is 54.7 Å². The molecule has 1 aliphatic heterocycles. The molecule has 0 radical (unpaired) electrons. The van der Waals surface area contributed by atoms with Crippen LogP contribution in [0.2, 0.25) is 0 Å². The quantitative estimate of drug-likeness (QED) is 0.559. The monoisotopic (exact) mass is 438 g/mol. The minimum atomic E-state index is -0.491. The van der Waals surface area contributed by atoms with Crippen molar-refractivity contribution in [3.8, 4) is 0 Å². The van der Waals surface area contributed by atoms with Gasteiger partial charge in [0.05, 0.1) is 23.1 Å². The Hall–Kier alpha value is -3.06. The number of H-pyrrole nitrogens is 1. The van der Waals surface area contributed by atoms with Gasteiger partial charge in [-0.15, -0.1) is 0 Å². The van der Waals surface area contributed by atoms with Gasteiger partial charge in [0.25, 0.3) is 5.91 Å². The Bertz CT molecular complexity index is 1150. The molecular formula is C24H23FN2O3S. The molecule has 0 spiro atoms. The molecule has 2 heterocycles. The second-order valence-electron chi connectivity index (χ2n) is 7.13. The maximum Gasteiger partial charge on any atom is 0.341 e. The molecule has 1 amide bonds. The van der Waals surface area contributed by atoms with Crippen LogP contribution in [0.5, 0.6) is 0 Å². The average Bonchev–Trinajstić information content (AvgIpc) is 3.07. The largest absolute Gasteiger partial charge is 0.462 e. The van der Waals surface area contributed by atoms with Crippen LogP contribution in [0.25, 0.3) is 16.5 Å². The minimum absolute atomic E-state index is 0.0521. The molecule has 5 nitrogen and oxygen atoms in total. The van der Waals surface area contributed by atoms with E-state index in [4.69, 9.17) is 4.74 Å². The maximum absolute atomic E-state index is 13.4. The lowest BCUT2D eigenvalue weighted by Crippen LogP contribution is -2.29. The van der Waals surface area contributed by atoms with E-state index >= 15 is 0 Å². The number of fused-ring (bicyclic) bond motifs is 3. The summed E-state index contributed by atoms with van der Waals surface area (Å²) in [7, 11) is 0. The van der Waals surface area contributed by atoms with E-state index in [1.165, 1.54) is 29.2 Å². The second-order valence-corrected chi connectivity index (χ2v) is 8.61. The first kappa shape index (κ1) is 21.2. The molecule has 160 valence electrons. The summed E-state index contributed by atoms with van der Waals surface area (Å²) in [6.07, 6.45) is 1.56. The minimum Gasteiger partial charge on any atom is -0.462 e. The highest BCUT2D eigenvalue weighted by atomic mass is 32.2. The van der Waals surface area contributed by atoms with Gasteiger partial charge in [-0.05, 0) is 43.0 Å². The molecule has 1 aliphatic rings. The smallest absolute Gasteiger partial charge is 0.341 e. The number of nitrogens with one attached hydrogen (secondary N) is 1. The van der Waals surface area contributed by atoms with Gasteiger partial charge < -0.3 is 14.6 Å². The van der Waals surface area contributed by atoms with Gasteiger partial charge in [0.2, 0.25) is 0 Å². The van der Waals surface area contributed by atoms with E-state index in [0.29, 0.717) is 23.4 Å². The maximum atomic E-state index is 13.4. The molecule has 3 aromatic rings. The van der Waals surface area contributed by atoms with Crippen molar-refractivity contribution < 1.29 is 18.7 Å². The third-order valence-electron chi connectivity index (χ3n) is 5.20. The molecule has 0 bridgehead atoms. The SMILES string of the molecule is CCOC(=O)C1=CN(C(=O)c2ccc(F)cc2)CC(SCC)c2c1[nH]c1ccccc21. The molecule has 1 unspecified atom stereocenters. The third-order valence-corrected chi connectivity index (χ3v) is 6.32. The Morgan fingerprint density at radius 1 is 1.16 bits per heavy atom. The lowest BCUT2D eigenvalue weighted by Gasteiger charge is -2.23. The predicted octanol–water partition coefficient (Wildman–Crippen LogP) is 5.16. The van der Waals surface area contributed by atoms with Gasteiger partial charge in [-0.25, -0.2) is 9.18 Å². The van der Waals surface area contributed by atoms with Crippen molar-refractivity contribution in [3.05, 3.63) is 77.4 Å². The van der Waals surface area contributed by atoms with Crippen LogP contribution < -0.4 is 0 Å². The number of carbonyl (C=O) groups excluding carboxylic acids is 2. The first-order valence-electron chi connectivity index (χ1n) is 10.2. The Labute approximate surface area is 184 Å². The number of halogens is 1. The highest BCUT2D eigenvalue weighted by Crippen LogP contribution is 2.42. The first-order chi connectivity index (χ1) is 15.0. The fourth-order valence-electron chi connectivity index (χ4n) is 3.85. The number of aromatic nitrogens is 1. The molecule has 0 fully saturated rings. The fraction of sp³-hybridized carbons (Fsp3) is 0.250. The van der Waals surface area contributed by atoms with Crippen LogP contribution in [-0.4, -0.2) is 40.7 Å². The molecule has 0 aliphatic carbocycles. The number of hydrogen-bond acceptors (Lipinski definition) is 4. The highest BCUT2D eigenvalue weighted by Gasteiger charge is 2.33. The summed E-state index contributed by atoms with van der Waals surface area (Å²) < 4.78 is 18.7. The Kier molecular flexibility index (Phi) is 6.13. The summed E-state index contributed by atoms with van der Waals surface area (Å²) >= 11 is 1.71. The number of aromatic amines is 1. The molecule has 2 aromatic carbocycles. The zero-order chi connectivity index (χ0) is 22.0. The van der Waals surface area contributed by atoms with Gasteiger partial charge in [0.1, 0.15) is 5.82 Å². The number of hydrogen-bond donors (Lipinski definition) is 1. The number of amides is 1. The van der Waals surface area contributed by atoms with E-state index in [9.17, 15) is 14.0 Å². The van der Waals surface area contributed by atoms with E-state index < -0.39 is 11.8 Å². The van der Waals surface area contributed by atoms with Gasteiger partial charge in [-0.1, -0.05) is 25.1 Å². The van der Waals surface area contributed by atoms with Crippen LogP contribution in [0.4, 0.5) is 4.39 Å². The number of ether oxygens (including phenoxy) is 1. The lowest BCUT2D eigenvalue weighted by atomic mass is 10.0. The molecule has 1 N–H and O–H groups in total. The number of para-hydroxylation sites is 1. The number of rotatable bonds is 5. The van der Waals surface area contributed by atoms with E-state index in [1.54, 1.807) is 24.9 Å². The summed E-state index contributed by atoms with van der Waals surface area (Å²) in [5.74, 6) is -0.347. The van der Waals surface area contributed by atoms with E-state index in [1.807, 2.05) is 24.3 Å². The van der Waals surface area contributed by atoms with Crippen LogP contribution >= 0.6 is 11.8 Å². The number of esters is 1. The van der Waals surface area contributed by atoms with Gasteiger partial charge in [0, 0.05) is 34.8 Å². The van der Waals surface area contributed by atoms with Crippen molar-refractivity contribution in [1.29, 1.82) is 0 Å². The summed E-state index contributed by atoms with van der Waals surface area (Å²) in [4.78, 5) is 31.1. The van der Waals surface area contributed by atoms with Crippen molar-refractivity contribution in [1.82, 2.24) is 9.88 Å². The van der Waals surface area contributed by atoms with E-state index in [0.717, 1.165) is 22.2 Å². The van der Waals surface area contributed by atoms with Crippen LogP contribution in [0.1, 0.15) is 40.7 Å². The first-order valence-corrected chi connectivity index (χ1v) is 11.3. The fourth-order valence-corrected chi connectivity index (χ4v) is 4.93. The third kappa shape index (κ3) is 4.10. The molecule has 7 heteroatoms. The van der Waals surface area contributed by atoms with Crippen LogP contribution in [-0.2, 0) is 9.53 Å². The topological polar surface area (TPSA) is 62.4 Å². The number of thioether (sulfide) groups is 1. The van der Waals surface area contributed by atoms with Crippen molar-refractivity contribution in [2.75, 3.05) is 18.9 Å². The molecular weight excluding hydrogens is 415 g/mol. The number of nitrogens with zero attached hydrogens (tertiary/aromatic N) is 1. The summed E-state index contributed by atoms with van der Waals surface area (Å²) in [5.41, 5.74) is 3.28. The van der Waals surface area contributed by atoms with E-state index in [2.05, 4.69) is 11.9 Å². The molecule has 31 heavy (non-hydrogen) atoms. The standard InChI is InChI=1S/C24H23FN2O3S/c1-3-30-24(29)18-13-27(23(28)15-9-11-16(25)12-10-15)14-20(31-4-2)21-17-7-5-6-8-19(17)26-22(18)21/h5-13,20,26H,3-4,14H2,1-2H3. The molecule has 0 saturated carbocycles. The molecule has 1 atom stereocenters. The number of carbonyl (C=O) groups is 2. The van der Waals surface area contributed by atoms with Crippen molar-refractivity contribution in [3.63, 3.8) is 0 Å². The number of benzene rings is 2. The van der Waals surface area contributed by atoms with Crippen molar-refractivity contribution >= 4 is 40.1 Å². The van der Waals surface area contributed by atoms with Gasteiger partial charge >= 0.3 is 5.97 Å². The molecule has 4 rings (SSSR count). The second kappa shape index (κ2) is 8.98. The Morgan fingerprint density at radius 3 is 2.61 bits per heavy atom. The van der Waals surface area contributed by atoms with Crippen molar-refractivity contribution in [2.45, 2.75) is 19.1 Å². The highest BCUT2D eigenvalue weighted by molar-refractivity contribution is 7.99. The van der Waals surface area contributed by atoms with Gasteiger partial charge in [0.15, 0.2) is 0 Å². The zero-order valence-electron chi connectivity index (χ0n) is 17.4. The summed E-state index contributed by atoms with van der Waals surface area (Å²) in [6, 6.07) is 13.3. The summed E-state index contributed by atoms with van der Waals surface area (Å²) in [5, 5.41) is 0.971. The Morgan fingerprint density at radius 2 is 1.90 bits per heavy atom. The van der Waals surface area contributed by atoms with Crippen molar-refractivity contribution in [2.24, 2.45) is 0 Å². The van der Waals surface area contributed by atoms with E-state index in [-0.39, 0.29) is 17.8 Å². The zero-order valence-corrected chi connectivity index (χ0v) is 18.2. The van der Waals surface area contributed by atoms with Crippen LogP contribution in [0.3, 0.4) is 0 Å². The lowest BCUT2D eigenvalue weighted by molar-refractivity contribution is -0.136. The molecule has 0 saturated heterocycles. The van der Waals surface area contributed by atoms with Gasteiger partial charge in [-0.3, -0.25) is 4.79 Å². The normalized spacial score (nSPS) is 15.9. The average molecular weight is 439 g/mol. The predicted molar refractivity (Wildman–Crippen MR) is 121 cm³/mol.